The van der Waals surface area contributed by atoms with Crippen LogP contribution in [0.1, 0.15) is 24.3 Å². The number of nitrogens with one attached hydrogen (secondary N) is 1. The molecule has 0 bridgehead atoms. The number of para-hydroxylation sites is 1. The van der Waals surface area contributed by atoms with Crippen molar-refractivity contribution in [2.45, 2.75) is 18.8 Å². The van der Waals surface area contributed by atoms with Gasteiger partial charge in [0.2, 0.25) is 0 Å². The fourth-order valence-corrected chi connectivity index (χ4v) is 2.20. The summed E-state index contributed by atoms with van der Waals surface area (Å²) in [5, 5.41) is 4.02. The number of aldehydes is 1. The first kappa shape index (κ1) is 9.53. The Morgan fingerprint density at radius 3 is 3.21 bits per heavy atom. The molecule has 1 unspecified atom stereocenters. The second kappa shape index (κ2) is 4.01. The van der Waals surface area contributed by atoms with Gasteiger partial charge in [-0.25, -0.2) is 0 Å². The van der Waals surface area contributed by atoms with Crippen LogP contribution in [0.3, 0.4) is 0 Å². The summed E-state index contributed by atoms with van der Waals surface area (Å²) in [4.78, 5) is 10.5. The first-order valence-corrected chi connectivity index (χ1v) is 5.16. The Morgan fingerprint density at radius 2 is 2.43 bits per heavy atom. The zero-order valence-corrected chi connectivity index (χ0v) is 8.55. The van der Waals surface area contributed by atoms with E-state index in [0.29, 0.717) is 12.3 Å². The van der Waals surface area contributed by atoms with Gasteiger partial charge < -0.3 is 10.1 Å². The third-order valence-electron chi connectivity index (χ3n) is 2.66. The predicted molar refractivity (Wildman–Crippen MR) is 58.0 cm³/mol. The van der Waals surface area contributed by atoms with Crippen molar-refractivity contribution in [1.82, 2.24) is 0 Å². The number of hydrogen-bond donors (Lipinski definition) is 1. The van der Waals surface area contributed by atoms with E-state index in [0.717, 1.165) is 30.0 Å². The van der Waals surface area contributed by atoms with E-state index >= 15 is 0 Å². The predicted octanol–water partition coefficient (Wildman–Crippen LogP) is 2.83. The van der Waals surface area contributed by atoms with Crippen molar-refractivity contribution >= 4 is 23.6 Å². The Labute approximate surface area is 88.3 Å². The summed E-state index contributed by atoms with van der Waals surface area (Å²) < 4.78 is 0. The van der Waals surface area contributed by atoms with Crippen molar-refractivity contribution in [1.29, 1.82) is 0 Å². The third kappa shape index (κ3) is 1.62. The lowest BCUT2D eigenvalue weighted by atomic mass is 9.89. The van der Waals surface area contributed by atoms with Crippen LogP contribution >= 0.6 is 11.6 Å². The molecule has 14 heavy (non-hydrogen) atoms. The van der Waals surface area contributed by atoms with Crippen LogP contribution in [0.5, 0.6) is 0 Å². The van der Waals surface area contributed by atoms with Crippen molar-refractivity contribution in [2.24, 2.45) is 0 Å². The van der Waals surface area contributed by atoms with Crippen LogP contribution in [0, 0.1) is 0 Å². The first-order chi connectivity index (χ1) is 6.83. The van der Waals surface area contributed by atoms with Crippen LogP contribution in [0.4, 0.5) is 5.69 Å². The van der Waals surface area contributed by atoms with E-state index in [2.05, 4.69) is 5.32 Å². The van der Waals surface area contributed by atoms with E-state index in [1.807, 2.05) is 18.2 Å². The van der Waals surface area contributed by atoms with E-state index in [1.54, 1.807) is 0 Å². The maximum Gasteiger partial charge on any atom is 0.120 e. The second-order valence-corrected chi connectivity index (χ2v) is 3.93. The molecule has 2 nitrogen and oxygen atoms in total. The number of carbonyl (C=O) groups is 1. The smallest absolute Gasteiger partial charge is 0.120 e. The van der Waals surface area contributed by atoms with Crippen LogP contribution in [0.2, 0.25) is 5.02 Å². The summed E-state index contributed by atoms with van der Waals surface area (Å²) in [7, 11) is 0. The summed E-state index contributed by atoms with van der Waals surface area (Å²) in [5.74, 6) is 0.336. The Bertz CT molecular complexity index is 351. The Balaban J connectivity index is 2.39. The van der Waals surface area contributed by atoms with Gasteiger partial charge >= 0.3 is 0 Å². The molecule has 0 spiro atoms. The number of anilines is 1. The van der Waals surface area contributed by atoms with Gasteiger partial charge in [0.05, 0.1) is 10.7 Å². The second-order valence-electron chi connectivity index (χ2n) is 3.52. The number of halogens is 1. The van der Waals surface area contributed by atoms with Crippen LogP contribution in [-0.2, 0) is 4.79 Å². The summed E-state index contributed by atoms with van der Waals surface area (Å²) in [6.07, 6.45) is 2.59. The summed E-state index contributed by atoms with van der Waals surface area (Å²) in [5.41, 5.74) is 2.18. The van der Waals surface area contributed by atoms with Gasteiger partial charge in [-0.3, -0.25) is 0 Å². The van der Waals surface area contributed by atoms with E-state index in [4.69, 9.17) is 11.6 Å². The van der Waals surface area contributed by atoms with Gasteiger partial charge in [0.15, 0.2) is 0 Å². The largest absolute Gasteiger partial charge is 0.384 e. The van der Waals surface area contributed by atoms with Crippen LogP contribution in [0.15, 0.2) is 18.2 Å². The van der Waals surface area contributed by atoms with Crippen molar-refractivity contribution in [3.63, 3.8) is 0 Å². The molecule has 1 aromatic carbocycles. The molecule has 0 saturated heterocycles. The zero-order chi connectivity index (χ0) is 9.97. The lowest BCUT2D eigenvalue weighted by molar-refractivity contribution is -0.108. The van der Waals surface area contributed by atoms with E-state index in [1.165, 1.54) is 5.56 Å². The van der Waals surface area contributed by atoms with Gasteiger partial charge in [-0.1, -0.05) is 23.7 Å². The normalized spacial score (nSPS) is 19.6. The van der Waals surface area contributed by atoms with Gasteiger partial charge in [-0.2, -0.15) is 0 Å². The van der Waals surface area contributed by atoms with Crippen molar-refractivity contribution < 1.29 is 4.79 Å². The van der Waals surface area contributed by atoms with E-state index in [9.17, 15) is 4.79 Å². The van der Waals surface area contributed by atoms with Gasteiger partial charge in [0, 0.05) is 13.0 Å². The SMILES string of the molecule is O=CCC1CCNc2c(Cl)cccc21. The molecular weight excluding hydrogens is 198 g/mol. The molecule has 1 atom stereocenters. The summed E-state index contributed by atoms with van der Waals surface area (Å²) in [6.45, 7) is 0.898. The quantitative estimate of drug-likeness (QED) is 0.759. The highest BCUT2D eigenvalue weighted by Crippen LogP contribution is 2.37. The molecule has 0 aliphatic carbocycles. The highest BCUT2D eigenvalue weighted by Gasteiger charge is 2.20. The Kier molecular flexibility index (Phi) is 2.73. The number of benzene rings is 1. The third-order valence-corrected chi connectivity index (χ3v) is 2.98. The first-order valence-electron chi connectivity index (χ1n) is 4.79. The topological polar surface area (TPSA) is 29.1 Å². The minimum absolute atomic E-state index is 0.336. The summed E-state index contributed by atoms with van der Waals surface area (Å²) in [6, 6.07) is 5.85. The average molecular weight is 210 g/mol. The van der Waals surface area contributed by atoms with Gasteiger partial charge in [-0.15, -0.1) is 0 Å². The molecule has 1 aromatic rings. The van der Waals surface area contributed by atoms with Crippen LogP contribution in [0.25, 0.3) is 0 Å². The van der Waals surface area contributed by atoms with Gasteiger partial charge in [0.1, 0.15) is 6.29 Å². The van der Waals surface area contributed by atoms with E-state index < -0.39 is 0 Å². The van der Waals surface area contributed by atoms with Gasteiger partial charge in [0.25, 0.3) is 0 Å². The maximum atomic E-state index is 10.5. The molecular formula is C11H12ClNO. The molecule has 0 saturated carbocycles. The minimum atomic E-state index is 0.336. The molecule has 3 heteroatoms. The molecule has 1 heterocycles. The highest BCUT2D eigenvalue weighted by atomic mass is 35.5. The lowest BCUT2D eigenvalue weighted by Gasteiger charge is -2.26. The average Bonchev–Trinajstić information content (AvgIpc) is 2.20. The summed E-state index contributed by atoms with van der Waals surface area (Å²) >= 11 is 6.06. The van der Waals surface area contributed by atoms with Crippen LogP contribution < -0.4 is 5.32 Å². The molecule has 74 valence electrons. The highest BCUT2D eigenvalue weighted by molar-refractivity contribution is 6.33. The number of fused-ring (bicyclic) bond motifs is 1. The standard InChI is InChI=1S/C11H12ClNO/c12-10-3-1-2-9-8(5-7-14)4-6-13-11(9)10/h1-3,7-8,13H,4-6H2. The monoisotopic (exact) mass is 209 g/mol. The minimum Gasteiger partial charge on any atom is -0.384 e. The molecule has 1 aliphatic rings. The number of hydrogen-bond acceptors (Lipinski definition) is 2. The molecule has 1 aliphatic heterocycles. The Hall–Kier alpha value is -1.02. The van der Waals surface area contributed by atoms with Crippen LogP contribution in [-0.4, -0.2) is 12.8 Å². The lowest BCUT2D eigenvalue weighted by Crippen LogP contribution is -2.17. The fourth-order valence-electron chi connectivity index (χ4n) is 1.96. The van der Waals surface area contributed by atoms with Gasteiger partial charge in [-0.05, 0) is 24.0 Å². The molecule has 1 N–H and O–H groups in total. The van der Waals surface area contributed by atoms with Crippen molar-refractivity contribution in [3.8, 4) is 0 Å². The molecule has 2 rings (SSSR count). The number of rotatable bonds is 2. The fraction of sp³-hybridized carbons (Fsp3) is 0.364. The van der Waals surface area contributed by atoms with Crippen molar-refractivity contribution in [3.05, 3.63) is 28.8 Å². The maximum absolute atomic E-state index is 10.5. The molecule has 0 fully saturated rings. The molecule has 0 aromatic heterocycles. The number of carbonyl (C=O) groups excluding carboxylic acids is 1. The zero-order valence-electron chi connectivity index (χ0n) is 7.79. The Morgan fingerprint density at radius 1 is 1.57 bits per heavy atom. The molecule has 0 radical (unpaired) electrons. The molecule has 0 amide bonds. The van der Waals surface area contributed by atoms with Crippen molar-refractivity contribution in [2.75, 3.05) is 11.9 Å². The van der Waals surface area contributed by atoms with E-state index in [-0.39, 0.29) is 0 Å².